The molecule has 1 unspecified atom stereocenters. The molecule has 0 spiro atoms. The molecule has 0 aliphatic heterocycles. The first-order valence-electron chi connectivity index (χ1n) is 5.67. The first-order chi connectivity index (χ1) is 6.72. The first-order valence-corrected chi connectivity index (χ1v) is 5.67. The summed E-state index contributed by atoms with van der Waals surface area (Å²) in [7, 11) is 0. The van der Waals surface area contributed by atoms with E-state index in [-0.39, 0.29) is 12.6 Å². The average Bonchev–Trinajstić information content (AvgIpc) is 2.16. The summed E-state index contributed by atoms with van der Waals surface area (Å²) in [6.45, 7) is 5.71. The van der Waals surface area contributed by atoms with Gasteiger partial charge in [-0.2, -0.15) is 0 Å². The summed E-state index contributed by atoms with van der Waals surface area (Å²) in [5, 5.41) is 20.9. The van der Waals surface area contributed by atoms with Crippen molar-refractivity contribution >= 4 is 0 Å². The monoisotopic (exact) mass is 203 g/mol. The molecule has 3 heteroatoms. The molecule has 0 aliphatic carbocycles. The summed E-state index contributed by atoms with van der Waals surface area (Å²) in [6, 6.07) is 0.229. The van der Waals surface area contributed by atoms with Crippen LogP contribution in [0.3, 0.4) is 0 Å². The maximum absolute atomic E-state index is 9.04. The zero-order valence-electron chi connectivity index (χ0n) is 9.50. The van der Waals surface area contributed by atoms with E-state index in [1.807, 2.05) is 0 Å². The minimum absolute atomic E-state index is 0.217. The first kappa shape index (κ1) is 13.9. The lowest BCUT2D eigenvalue weighted by atomic mass is 10.1. The highest BCUT2D eigenvalue weighted by molar-refractivity contribution is 4.68. The van der Waals surface area contributed by atoms with E-state index in [4.69, 9.17) is 10.2 Å². The molecule has 14 heavy (non-hydrogen) atoms. The van der Waals surface area contributed by atoms with E-state index >= 15 is 0 Å². The molecule has 0 saturated heterocycles. The number of hydrogen-bond acceptors (Lipinski definition) is 3. The lowest BCUT2D eigenvalue weighted by molar-refractivity contribution is 0.210. The van der Waals surface area contributed by atoms with Crippen molar-refractivity contribution < 1.29 is 10.2 Å². The van der Waals surface area contributed by atoms with Crippen molar-refractivity contribution in [2.24, 2.45) is 5.92 Å². The molecule has 1 atom stereocenters. The van der Waals surface area contributed by atoms with Crippen molar-refractivity contribution in [2.75, 3.05) is 19.8 Å². The van der Waals surface area contributed by atoms with Crippen LogP contribution < -0.4 is 5.32 Å². The van der Waals surface area contributed by atoms with E-state index < -0.39 is 0 Å². The Labute approximate surface area is 87.5 Å². The third kappa shape index (κ3) is 7.30. The van der Waals surface area contributed by atoms with E-state index in [2.05, 4.69) is 19.2 Å². The molecule has 0 aliphatic rings. The number of aliphatic hydroxyl groups is 2. The van der Waals surface area contributed by atoms with Gasteiger partial charge in [-0.05, 0) is 25.3 Å². The van der Waals surface area contributed by atoms with Gasteiger partial charge in [-0.3, -0.25) is 0 Å². The number of nitrogens with one attached hydrogen (secondary N) is 1. The average molecular weight is 203 g/mol. The Balaban J connectivity index is 3.25. The van der Waals surface area contributed by atoms with Gasteiger partial charge in [0.2, 0.25) is 0 Å². The topological polar surface area (TPSA) is 52.5 Å². The van der Waals surface area contributed by atoms with Crippen molar-refractivity contribution in [3.63, 3.8) is 0 Å². The van der Waals surface area contributed by atoms with E-state index in [1.54, 1.807) is 0 Å². The quantitative estimate of drug-likeness (QED) is 0.493. The van der Waals surface area contributed by atoms with Crippen LogP contribution in [0.15, 0.2) is 0 Å². The third-order valence-corrected chi connectivity index (χ3v) is 2.49. The van der Waals surface area contributed by atoms with Gasteiger partial charge in [0.15, 0.2) is 0 Å². The van der Waals surface area contributed by atoms with Crippen LogP contribution in [0, 0.1) is 5.92 Å². The number of hydrogen-bond donors (Lipinski definition) is 3. The van der Waals surface area contributed by atoms with Gasteiger partial charge in [0, 0.05) is 12.6 Å². The molecule has 0 amide bonds. The molecule has 0 radical (unpaired) electrons. The number of aliphatic hydroxyl groups excluding tert-OH is 2. The summed E-state index contributed by atoms with van der Waals surface area (Å²) < 4.78 is 0. The second-order valence-electron chi connectivity index (χ2n) is 4.13. The van der Waals surface area contributed by atoms with Crippen LogP contribution in [0.25, 0.3) is 0 Å². The van der Waals surface area contributed by atoms with Crippen LogP contribution in [-0.4, -0.2) is 36.0 Å². The Morgan fingerprint density at radius 1 is 1.00 bits per heavy atom. The maximum Gasteiger partial charge on any atom is 0.0587 e. The molecular formula is C11H25NO2. The molecule has 0 fully saturated rings. The molecule has 0 bridgehead atoms. The van der Waals surface area contributed by atoms with Crippen LogP contribution >= 0.6 is 0 Å². The Bertz CT molecular complexity index is 118. The maximum atomic E-state index is 9.04. The lowest BCUT2D eigenvalue weighted by Crippen LogP contribution is -2.37. The van der Waals surface area contributed by atoms with Crippen LogP contribution in [0.2, 0.25) is 0 Å². The molecule has 0 heterocycles. The summed E-state index contributed by atoms with van der Waals surface area (Å²) in [5.74, 6) is 0.484. The minimum atomic E-state index is 0.217. The molecule has 0 saturated carbocycles. The second-order valence-corrected chi connectivity index (χ2v) is 4.13. The number of unbranched alkanes of at least 4 members (excludes halogenated alkanes) is 3. The Hall–Kier alpha value is -0.120. The van der Waals surface area contributed by atoms with Gasteiger partial charge in [-0.25, -0.2) is 0 Å². The second kappa shape index (κ2) is 9.44. The molecule has 0 aromatic rings. The molecule has 0 rings (SSSR count). The molecule has 3 N–H and O–H groups in total. The normalized spacial score (nSPS) is 13.5. The Morgan fingerprint density at radius 2 is 1.64 bits per heavy atom. The van der Waals surface area contributed by atoms with E-state index in [0.29, 0.717) is 12.5 Å². The van der Waals surface area contributed by atoms with Gasteiger partial charge in [0.25, 0.3) is 0 Å². The largest absolute Gasteiger partial charge is 0.396 e. The smallest absolute Gasteiger partial charge is 0.0587 e. The lowest BCUT2D eigenvalue weighted by Gasteiger charge is -2.19. The molecule has 0 aromatic heterocycles. The van der Waals surface area contributed by atoms with E-state index in [1.165, 1.54) is 0 Å². The van der Waals surface area contributed by atoms with Gasteiger partial charge < -0.3 is 15.5 Å². The van der Waals surface area contributed by atoms with Crippen LogP contribution in [0.5, 0.6) is 0 Å². The summed E-state index contributed by atoms with van der Waals surface area (Å²) >= 11 is 0. The van der Waals surface area contributed by atoms with Gasteiger partial charge in [0.1, 0.15) is 0 Å². The summed E-state index contributed by atoms with van der Waals surface area (Å²) in [5.41, 5.74) is 0. The standard InChI is InChI=1S/C11H25NO2/c1-10(2)11(9-14)12-7-5-3-4-6-8-13/h10-14H,3-9H2,1-2H3. The fourth-order valence-electron chi connectivity index (χ4n) is 1.39. The fraction of sp³-hybridized carbons (Fsp3) is 1.00. The van der Waals surface area contributed by atoms with Crippen LogP contribution in [-0.2, 0) is 0 Å². The highest BCUT2D eigenvalue weighted by Crippen LogP contribution is 2.02. The van der Waals surface area contributed by atoms with E-state index in [0.717, 1.165) is 32.2 Å². The summed E-state index contributed by atoms with van der Waals surface area (Å²) in [6.07, 6.45) is 4.30. The number of rotatable bonds is 9. The zero-order valence-corrected chi connectivity index (χ0v) is 9.50. The van der Waals surface area contributed by atoms with Crippen molar-refractivity contribution in [1.29, 1.82) is 0 Å². The minimum Gasteiger partial charge on any atom is -0.396 e. The fourth-order valence-corrected chi connectivity index (χ4v) is 1.39. The Morgan fingerprint density at radius 3 is 2.14 bits per heavy atom. The SMILES string of the molecule is CC(C)C(CO)NCCCCCCO. The predicted molar refractivity (Wildman–Crippen MR) is 59.3 cm³/mol. The molecule has 0 aromatic carbocycles. The summed E-state index contributed by atoms with van der Waals surface area (Å²) in [4.78, 5) is 0. The highest BCUT2D eigenvalue weighted by atomic mass is 16.3. The molecule has 86 valence electrons. The van der Waals surface area contributed by atoms with Crippen molar-refractivity contribution in [3.8, 4) is 0 Å². The molecule has 3 nitrogen and oxygen atoms in total. The van der Waals surface area contributed by atoms with Crippen molar-refractivity contribution in [2.45, 2.75) is 45.6 Å². The Kier molecular flexibility index (Phi) is 9.35. The van der Waals surface area contributed by atoms with Gasteiger partial charge in [-0.15, -0.1) is 0 Å². The van der Waals surface area contributed by atoms with Crippen LogP contribution in [0.4, 0.5) is 0 Å². The van der Waals surface area contributed by atoms with Gasteiger partial charge >= 0.3 is 0 Å². The highest BCUT2D eigenvalue weighted by Gasteiger charge is 2.09. The van der Waals surface area contributed by atoms with Gasteiger partial charge in [-0.1, -0.05) is 26.7 Å². The van der Waals surface area contributed by atoms with Crippen LogP contribution in [0.1, 0.15) is 39.5 Å². The zero-order chi connectivity index (χ0) is 10.8. The van der Waals surface area contributed by atoms with Crippen molar-refractivity contribution in [1.82, 2.24) is 5.32 Å². The van der Waals surface area contributed by atoms with E-state index in [9.17, 15) is 0 Å². The predicted octanol–water partition coefficient (Wildman–Crippen LogP) is 1.15. The van der Waals surface area contributed by atoms with Crippen molar-refractivity contribution in [3.05, 3.63) is 0 Å². The third-order valence-electron chi connectivity index (χ3n) is 2.49. The van der Waals surface area contributed by atoms with Gasteiger partial charge in [0.05, 0.1) is 6.61 Å². The molecular weight excluding hydrogens is 178 g/mol.